The number of fused-ring (bicyclic) bond motifs is 2. The first-order valence-corrected chi connectivity index (χ1v) is 10.2. The van der Waals surface area contributed by atoms with Crippen LogP contribution in [0.1, 0.15) is 38.2 Å². The van der Waals surface area contributed by atoms with Crippen LogP contribution in [-0.2, 0) is 10.5 Å². The predicted molar refractivity (Wildman–Crippen MR) is 96.8 cm³/mol. The first-order valence-electron chi connectivity index (χ1n) is 8.24. The van der Waals surface area contributed by atoms with Crippen LogP contribution in [0.3, 0.4) is 0 Å². The molecule has 4 atom stereocenters. The first kappa shape index (κ1) is 16.4. The summed E-state index contributed by atoms with van der Waals surface area (Å²) in [4.78, 5) is 12.1. The molecule has 2 aliphatic rings. The van der Waals surface area contributed by atoms with Crippen molar-refractivity contribution in [2.75, 3.05) is 5.75 Å². The van der Waals surface area contributed by atoms with E-state index in [-0.39, 0.29) is 5.91 Å². The average Bonchev–Trinajstić information content (AvgIpc) is 3.12. The van der Waals surface area contributed by atoms with Gasteiger partial charge in [-0.15, -0.1) is 11.8 Å². The lowest BCUT2D eigenvalue weighted by molar-refractivity contribution is -0.119. The van der Waals surface area contributed by atoms with Crippen LogP contribution in [0.25, 0.3) is 0 Å². The van der Waals surface area contributed by atoms with E-state index in [2.05, 4.69) is 34.2 Å². The third-order valence-corrected chi connectivity index (χ3v) is 7.03. The molecule has 22 heavy (non-hydrogen) atoms. The van der Waals surface area contributed by atoms with Crippen molar-refractivity contribution in [2.24, 2.45) is 17.8 Å². The van der Waals surface area contributed by atoms with Crippen LogP contribution in [0.4, 0.5) is 0 Å². The van der Waals surface area contributed by atoms with E-state index in [0.29, 0.717) is 11.8 Å². The van der Waals surface area contributed by atoms with E-state index in [1.54, 1.807) is 11.8 Å². The maximum atomic E-state index is 12.1. The summed E-state index contributed by atoms with van der Waals surface area (Å²) < 4.78 is 1.12. The van der Waals surface area contributed by atoms with E-state index in [4.69, 9.17) is 0 Å². The minimum Gasteiger partial charge on any atom is -0.353 e. The number of benzene rings is 1. The van der Waals surface area contributed by atoms with Crippen LogP contribution in [0, 0.1) is 17.8 Å². The van der Waals surface area contributed by atoms with Crippen molar-refractivity contribution in [3.05, 3.63) is 34.3 Å². The molecule has 120 valence electrons. The van der Waals surface area contributed by atoms with Gasteiger partial charge in [-0.1, -0.05) is 40.5 Å². The van der Waals surface area contributed by atoms with Gasteiger partial charge in [0.15, 0.2) is 0 Å². The minimum absolute atomic E-state index is 0.187. The topological polar surface area (TPSA) is 29.1 Å². The molecule has 4 heteroatoms. The molecule has 2 aliphatic carbocycles. The fraction of sp³-hybridized carbons (Fsp3) is 0.611. The Morgan fingerprint density at radius 1 is 1.36 bits per heavy atom. The molecule has 0 aliphatic heterocycles. The second-order valence-corrected chi connectivity index (χ2v) is 8.62. The molecule has 3 rings (SSSR count). The Hall–Kier alpha value is -0.480. The van der Waals surface area contributed by atoms with E-state index in [1.165, 1.54) is 31.2 Å². The molecule has 1 amide bonds. The maximum absolute atomic E-state index is 12.1. The fourth-order valence-electron chi connectivity index (χ4n) is 4.18. The molecule has 0 radical (unpaired) electrons. The number of halogens is 1. The molecule has 2 nitrogen and oxygen atoms in total. The zero-order valence-corrected chi connectivity index (χ0v) is 15.5. The van der Waals surface area contributed by atoms with E-state index in [9.17, 15) is 4.79 Å². The summed E-state index contributed by atoms with van der Waals surface area (Å²) in [6.45, 7) is 2.20. The van der Waals surface area contributed by atoms with Gasteiger partial charge in [-0.3, -0.25) is 4.79 Å². The summed E-state index contributed by atoms with van der Waals surface area (Å²) in [7, 11) is 0. The van der Waals surface area contributed by atoms with Crippen molar-refractivity contribution < 1.29 is 4.79 Å². The van der Waals surface area contributed by atoms with Gasteiger partial charge in [0.2, 0.25) is 5.91 Å². The molecule has 0 spiro atoms. The van der Waals surface area contributed by atoms with Gasteiger partial charge in [-0.05, 0) is 55.6 Å². The third kappa shape index (κ3) is 3.88. The molecule has 1 N–H and O–H groups in total. The highest BCUT2D eigenvalue weighted by atomic mass is 79.9. The number of thioether (sulfide) groups is 1. The van der Waals surface area contributed by atoms with Gasteiger partial charge in [0.1, 0.15) is 0 Å². The van der Waals surface area contributed by atoms with Crippen molar-refractivity contribution in [3.63, 3.8) is 0 Å². The maximum Gasteiger partial charge on any atom is 0.230 e. The Balaban J connectivity index is 1.40. The van der Waals surface area contributed by atoms with Gasteiger partial charge in [0.25, 0.3) is 0 Å². The molecule has 2 saturated carbocycles. The standard InChI is InChI=1S/C18H24BrNOS/c1-12(16-9-13-6-7-14(16)8-13)20-18(21)11-22-10-15-4-2-3-5-17(15)19/h2-5,12-14,16H,6-11H2,1H3,(H,20,21)/t12-,13+,14+,16+/m0/s1. The van der Waals surface area contributed by atoms with Crippen LogP contribution >= 0.6 is 27.7 Å². The minimum atomic E-state index is 0.187. The summed E-state index contributed by atoms with van der Waals surface area (Å²) >= 11 is 5.24. The molecule has 0 heterocycles. The number of amides is 1. The summed E-state index contributed by atoms with van der Waals surface area (Å²) in [6.07, 6.45) is 5.54. The summed E-state index contributed by atoms with van der Waals surface area (Å²) in [5, 5.41) is 3.24. The average molecular weight is 382 g/mol. The quantitative estimate of drug-likeness (QED) is 0.778. The van der Waals surface area contributed by atoms with Gasteiger partial charge in [0, 0.05) is 16.3 Å². The molecular weight excluding hydrogens is 358 g/mol. The second kappa shape index (κ2) is 7.39. The Morgan fingerprint density at radius 3 is 2.86 bits per heavy atom. The number of hydrogen-bond donors (Lipinski definition) is 1. The van der Waals surface area contributed by atoms with Crippen molar-refractivity contribution in [1.29, 1.82) is 0 Å². The van der Waals surface area contributed by atoms with Gasteiger partial charge < -0.3 is 5.32 Å². The van der Waals surface area contributed by atoms with Crippen molar-refractivity contribution in [3.8, 4) is 0 Å². The van der Waals surface area contributed by atoms with Gasteiger partial charge in [-0.25, -0.2) is 0 Å². The van der Waals surface area contributed by atoms with Gasteiger partial charge >= 0.3 is 0 Å². The van der Waals surface area contributed by atoms with Crippen LogP contribution in [0.5, 0.6) is 0 Å². The van der Waals surface area contributed by atoms with Crippen molar-refractivity contribution >= 4 is 33.6 Å². The lowest BCUT2D eigenvalue weighted by Crippen LogP contribution is -2.40. The second-order valence-electron chi connectivity index (χ2n) is 6.78. The van der Waals surface area contributed by atoms with E-state index < -0.39 is 0 Å². The zero-order chi connectivity index (χ0) is 15.5. The van der Waals surface area contributed by atoms with Crippen LogP contribution in [0.15, 0.2) is 28.7 Å². The number of carbonyl (C=O) groups excluding carboxylic acids is 1. The molecule has 1 aromatic rings. The molecule has 2 bridgehead atoms. The van der Waals surface area contributed by atoms with E-state index >= 15 is 0 Å². The normalized spacial score (nSPS) is 27.8. The molecule has 0 unspecified atom stereocenters. The van der Waals surface area contributed by atoms with Crippen molar-refractivity contribution in [1.82, 2.24) is 5.32 Å². The predicted octanol–water partition coefficient (Wildman–Crippen LogP) is 4.62. The number of rotatable bonds is 6. The molecule has 0 aromatic heterocycles. The highest BCUT2D eigenvalue weighted by Crippen LogP contribution is 2.49. The van der Waals surface area contributed by atoms with Gasteiger partial charge in [0.05, 0.1) is 5.75 Å². The Morgan fingerprint density at radius 2 is 2.18 bits per heavy atom. The van der Waals surface area contributed by atoms with Crippen LogP contribution in [0.2, 0.25) is 0 Å². The highest BCUT2D eigenvalue weighted by Gasteiger charge is 2.42. The molecule has 1 aromatic carbocycles. The van der Waals surface area contributed by atoms with E-state index in [1.807, 2.05) is 18.2 Å². The number of carbonyl (C=O) groups is 1. The summed E-state index contributed by atoms with van der Waals surface area (Å²) in [5.74, 6) is 4.14. The number of nitrogens with one attached hydrogen (secondary N) is 1. The summed E-state index contributed by atoms with van der Waals surface area (Å²) in [6, 6.07) is 8.55. The Bertz CT molecular complexity index is 536. The van der Waals surface area contributed by atoms with E-state index in [0.717, 1.165) is 28.0 Å². The first-order chi connectivity index (χ1) is 10.6. The summed E-state index contributed by atoms with van der Waals surface area (Å²) in [5.41, 5.74) is 1.25. The van der Waals surface area contributed by atoms with Crippen molar-refractivity contribution in [2.45, 2.75) is 44.4 Å². The third-order valence-electron chi connectivity index (χ3n) is 5.27. The Labute approximate surface area is 146 Å². The molecule has 0 saturated heterocycles. The monoisotopic (exact) mass is 381 g/mol. The lowest BCUT2D eigenvalue weighted by atomic mass is 9.84. The largest absolute Gasteiger partial charge is 0.353 e. The zero-order valence-electron chi connectivity index (χ0n) is 13.1. The number of hydrogen-bond acceptors (Lipinski definition) is 2. The Kier molecular flexibility index (Phi) is 5.50. The van der Waals surface area contributed by atoms with Gasteiger partial charge in [-0.2, -0.15) is 0 Å². The van der Waals surface area contributed by atoms with Crippen LogP contribution in [-0.4, -0.2) is 17.7 Å². The SMILES string of the molecule is C[C@H](NC(=O)CSCc1ccccc1Br)[C@H]1C[C@@H]2CC[C@@H]1C2. The van der Waals surface area contributed by atoms with Crippen LogP contribution < -0.4 is 5.32 Å². The lowest BCUT2D eigenvalue weighted by Gasteiger charge is -2.28. The molecule has 2 fully saturated rings. The smallest absolute Gasteiger partial charge is 0.230 e. The highest BCUT2D eigenvalue weighted by molar-refractivity contribution is 9.10. The molecular formula is C18H24BrNOS. The fourth-order valence-corrected chi connectivity index (χ4v) is 5.63.